The Labute approximate surface area is 210 Å². The number of anilines is 1. The maximum absolute atomic E-state index is 13.5. The summed E-state index contributed by atoms with van der Waals surface area (Å²) in [7, 11) is 0. The maximum atomic E-state index is 13.5. The van der Waals surface area contributed by atoms with Gasteiger partial charge in [0.15, 0.2) is 17.6 Å². The van der Waals surface area contributed by atoms with Gasteiger partial charge in [-0.25, -0.2) is 4.98 Å². The molecule has 3 aromatic rings. The molecule has 2 bridgehead atoms. The van der Waals surface area contributed by atoms with Crippen molar-refractivity contribution in [1.82, 2.24) is 9.88 Å². The second kappa shape index (κ2) is 6.69. The number of nitrogen functional groups attached to an aromatic ring is 1. The number of hydrogen-bond donors (Lipinski definition) is 3. The van der Waals surface area contributed by atoms with Crippen LogP contribution in [0.2, 0.25) is 0 Å². The summed E-state index contributed by atoms with van der Waals surface area (Å²) in [6, 6.07) is 6.80. The number of likely N-dealkylation sites (tertiary alicyclic amines) is 1. The molecule has 2 aromatic carbocycles. The maximum Gasteiger partial charge on any atom is 0.416 e. The number of fused-ring (bicyclic) bond motifs is 3. The third-order valence-corrected chi connectivity index (χ3v) is 9.70. The summed E-state index contributed by atoms with van der Waals surface area (Å²) < 4.78 is 47.0. The van der Waals surface area contributed by atoms with E-state index in [1.165, 1.54) is 18.9 Å². The van der Waals surface area contributed by atoms with Gasteiger partial charge in [-0.15, -0.1) is 0 Å². The Morgan fingerprint density at radius 2 is 2.00 bits per heavy atom. The van der Waals surface area contributed by atoms with Crippen molar-refractivity contribution in [3.8, 4) is 11.5 Å². The van der Waals surface area contributed by atoms with E-state index in [0.717, 1.165) is 36.3 Å². The number of aromatic hydroxyl groups is 1. The van der Waals surface area contributed by atoms with Crippen molar-refractivity contribution in [2.45, 2.75) is 61.4 Å². The van der Waals surface area contributed by atoms with Gasteiger partial charge in [-0.2, -0.15) is 13.2 Å². The third-order valence-electron chi connectivity index (χ3n) is 9.70. The number of pyridine rings is 1. The van der Waals surface area contributed by atoms with Crippen LogP contribution in [0.3, 0.4) is 0 Å². The molecule has 3 aliphatic carbocycles. The van der Waals surface area contributed by atoms with Crippen LogP contribution in [0.4, 0.5) is 18.9 Å². The topological polar surface area (TPSA) is 91.8 Å². The van der Waals surface area contributed by atoms with Crippen LogP contribution >= 0.6 is 0 Å². The molecule has 37 heavy (non-hydrogen) atoms. The Balaban J connectivity index is 1.39. The summed E-state index contributed by atoms with van der Waals surface area (Å²) in [4.78, 5) is 7.15. The van der Waals surface area contributed by atoms with Crippen molar-refractivity contribution in [2.75, 3.05) is 18.8 Å². The summed E-state index contributed by atoms with van der Waals surface area (Å²) in [6.45, 7) is 1.71. The zero-order chi connectivity index (χ0) is 25.5. The van der Waals surface area contributed by atoms with E-state index in [-0.39, 0.29) is 23.7 Å². The van der Waals surface area contributed by atoms with E-state index >= 15 is 0 Å². The van der Waals surface area contributed by atoms with Crippen molar-refractivity contribution in [3.05, 3.63) is 58.3 Å². The Bertz CT molecular complexity index is 1520. The molecule has 9 heteroatoms. The molecule has 8 rings (SSSR count). The van der Waals surface area contributed by atoms with E-state index in [1.807, 2.05) is 6.07 Å². The average molecular weight is 510 g/mol. The van der Waals surface area contributed by atoms with Gasteiger partial charge in [0.25, 0.3) is 0 Å². The molecule has 1 saturated carbocycles. The number of phenolic OH excluding ortho intramolecular Hbond substituents is 1. The minimum atomic E-state index is -4.51. The molecule has 1 aromatic heterocycles. The van der Waals surface area contributed by atoms with Gasteiger partial charge in [0.1, 0.15) is 0 Å². The van der Waals surface area contributed by atoms with E-state index in [9.17, 15) is 23.4 Å². The zero-order valence-electron chi connectivity index (χ0n) is 20.0. The molecular formula is C28H26F3N3O3. The lowest BCUT2D eigenvalue weighted by atomic mass is 9.48. The quantitative estimate of drug-likeness (QED) is 0.479. The molecule has 2 fully saturated rings. The zero-order valence-corrected chi connectivity index (χ0v) is 20.0. The number of nitrogens with zero attached hydrogens (tertiary/aromatic N) is 2. The molecule has 4 N–H and O–H groups in total. The summed E-state index contributed by atoms with van der Waals surface area (Å²) in [6.07, 6.45) is -1.38. The lowest BCUT2D eigenvalue weighted by Crippen LogP contribution is -2.74. The first-order valence-electron chi connectivity index (χ1n) is 12.9. The molecule has 1 saturated heterocycles. The fourth-order valence-corrected chi connectivity index (χ4v) is 7.85. The number of rotatable bonds is 2. The summed E-state index contributed by atoms with van der Waals surface area (Å²) in [5, 5.41) is 24.0. The van der Waals surface area contributed by atoms with Crippen LogP contribution in [0.25, 0.3) is 10.9 Å². The predicted octanol–water partition coefficient (Wildman–Crippen LogP) is 4.24. The SMILES string of the molecule is Nc1c2c(nc3cc(C(F)(F)F)ccc13)[C@@H]1Oc3c(O)ccc4c3[C@@]13CCN(CC1CC1)[C@H](C4)[C@]3(O)C2. The largest absolute Gasteiger partial charge is 0.504 e. The van der Waals surface area contributed by atoms with Gasteiger partial charge in [-0.05, 0) is 61.9 Å². The van der Waals surface area contributed by atoms with E-state index in [4.69, 9.17) is 15.5 Å². The number of aliphatic hydroxyl groups is 1. The minimum Gasteiger partial charge on any atom is -0.504 e. The number of ether oxygens (including phenoxy) is 1. The van der Waals surface area contributed by atoms with Crippen molar-refractivity contribution < 1.29 is 28.1 Å². The average Bonchev–Trinajstić information content (AvgIpc) is 3.59. The van der Waals surface area contributed by atoms with Gasteiger partial charge in [0.2, 0.25) is 0 Å². The van der Waals surface area contributed by atoms with Crippen LogP contribution in [-0.4, -0.2) is 44.8 Å². The van der Waals surface area contributed by atoms with Crippen LogP contribution in [-0.2, 0) is 24.4 Å². The van der Waals surface area contributed by atoms with Crippen LogP contribution in [0.5, 0.6) is 11.5 Å². The number of piperidine rings is 1. The molecule has 192 valence electrons. The van der Waals surface area contributed by atoms with Gasteiger partial charge in [0, 0.05) is 41.2 Å². The van der Waals surface area contributed by atoms with Gasteiger partial charge >= 0.3 is 6.18 Å². The number of aromatic nitrogens is 1. The van der Waals surface area contributed by atoms with Crippen LogP contribution < -0.4 is 10.5 Å². The summed E-state index contributed by atoms with van der Waals surface area (Å²) in [5.74, 6) is 1.00. The van der Waals surface area contributed by atoms with Gasteiger partial charge < -0.3 is 20.7 Å². The number of benzene rings is 2. The molecule has 0 radical (unpaired) electrons. The fourth-order valence-electron chi connectivity index (χ4n) is 7.85. The van der Waals surface area contributed by atoms with Gasteiger partial charge in [-0.3, -0.25) is 4.90 Å². The highest BCUT2D eigenvalue weighted by molar-refractivity contribution is 5.93. The molecule has 0 unspecified atom stereocenters. The Kier molecular flexibility index (Phi) is 3.97. The minimum absolute atomic E-state index is 0.00148. The number of halogens is 3. The summed E-state index contributed by atoms with van der Waals surface area (Å²) >= 11 is 0. The standard InChI is InChI=1S/C28H26F3N3O3/c29-28(30,31)15-4-5-16-18(10-15)33-23-17(22(16)32)11-27(36)20-9-14-3-6-19(35)24-21(14)26(27,25(23)37-24)7-8-34(20)12-13-1-2-13/h3-6,10,13,20,25,35-36H,1-2,7-9,11-12H2,(H2,32,33)/t20-,25+,26+,27-/m1/s1. The smallest absolute Gasteiger partial charge is 0.416 e. The lowest BCUT2D eigenvalue weighted by molar-refractivity contribution is -0.173. The monoisotopic (exact) mass is 509 g/mol. The van der Waals surface area contributed by atoms with Crippen LogP contribution in [0.15, 0.2) is 30.3 Å². The third kappa shape index (κ3) is 2.61. The van der Waals surface area contributed by atoms with Crippen LogP contribution in [0.1, 0.15) is 53.3 Å². The lowest BCUT2D eigenvalue weighted by Gasteiger charge is -2.63. The number of nitrogens with two attached hydrogens (primary N) is 1. The first kappa shape index (κ1) is 22.0. The Morgan fingerprint density at radius 3 is 2.76 bits per heavy atom. The molecule has 0 amide bonds. The second-order valence-electron chi connectivity index (χ2n) is 11.5. The summed E-state index contributed by atoms with van der Waals surface area (Å²) in [5.41, 5.74) is 7.20. The predicted molar refractivity (Wildman–Crippen MR) is 129 cm³/mol. The van der Waals surface area contributed by atoms with Gasteiger partial charge in [0.05, 0.1) is 27.8 Å². The highest BCUT2D eigenvalue weighted by Crippen LogP contribution is 2.69. The van der Waals surface area contributed by atoms with E-state index in [0.29, 0.717) is 46.8 Å². The molecule has 1 spiro atoms. The normalized spacial score (nSPS) is 31.7. The highest BCUT2D eigenvalue weighted by Gasteiger charge is 2.73. The first-order valence-corrected chi connectivity index (χ1v) is 12.9. The number of phenols is 1. The van der Waals surface area contributed by atoms with Crippen molar-refractivity contribution in [1.29, 1.82) is 0 Å². The highest BCUT2D eigenvalue weighted by atomic mass is 19.4. The Hall–Kier alpha value is -3.04. The molecule has 2 aliphatic heterocycles. The van der Waals surface area contributed by atoms with E-state index in [1.54, 1.807) is 6.07 Å². The van der Waals surface area contributed by atoms with Crippen LogP contribution in [0, 0.1) is 5.92 Å². The number of hydrogen-bond acceptors (Lipinski definition) is 6. The van der Waals surface area contributed by atoms with Crippen molar-refractivity contribution in [3.63, 3.8) is 0 Å². The van der Waals surface area contributed by atoms with E-state index in [2.05, 4.69) is 4.90 Å². The van der Waals surface area contributed by atoms with E-state index < -0.39 is 28.9 Å². The second-order valence-corrected chi connectivity index (χ2v) is 11.5. The van der Waals surface area contributed by atoms with Gasteiger partial charge in [-0.1, -0.05) is 12.1 Å². The van der Waals surface area contributed by atoms with Crippen molar-refractivity contribution >= 4 is 16.6 Å². The molecule has 5 aliphatic rings. The molecular weight excluding hydrogens is 483 g/mol. The fraction of sp³-hybridized carbons (Fsp3) is 0.464. The first-order chi connectivity index (χ1) is 17.6. The molecule has 3 heterocycles. The number of alkyl halides is 3. The molecule has 6 nitrogen and oxygen atoms in total. The Morgan fingerprint density at radius 1 is 1.19 bits per heavy atom. The van der Waals surface area contributed by atoms with Crippen molar-refractivity contribution in [2.24, 2.45) is 5.92 Å². The molecule has 4 atom stereocenters.